The van der Waals surface area contributed by atoms with Crippen molar-refractivity contribution in [2.45, 2.75) is 13.1 Å². The molecule has 3 N–H and O–H groups in total. The van der Waals surface area contributed by atoms with Crippen molar-refractivity contribution in [2.24, 2.45) is 0 Å². The normalized spacial score (nSPS) is 17.4. The Bertz CT molecular complexity index is 648. The molecule has 0 spiro atoms. The molecule has 6 heteroatoms. The Balaban J connectivity index is 2.41. The molecule has 0 fully saturated rings. The summed E-state index contributed by atoms with van der Waals surface area (Å²) in [5.41, 5.74) is 3.97. The molecule has 1 aromatic carbocycles. The van der Waals surface area contributed by atoms with Crippen molar-refractivity contribution in [3.05, 3.63) is 23.8 Å². The van der Waals surface area contributed by atoms with Crippen molar-refractivity contribution in [1.82, 2.24) is 9.66 Å². The standard InChI is InChI=1S/C11H13N5O/c1-6-13-10-7-4-3-5-8(17-2)9(7)14-11(12)16(10)15-6/h3-6,12-13,15H,1-2H3. The van der Waals surface area contributed by atoms with Crippen LogP contribution in [0.4, 0.5) is 5.82 Å². The fourth-order valence-electron chi connectivity index (χ4n) is 2.07. The monoisotopic (exact) mass is 231 g/mol. The van der Waals surface area contributed by atoms with Crippen molar-refractivity contribution in [3.8, 4) is 5.75 Å². The molecule has 0 bridgehead atoms. The average Bonchev–Trinajstić information content (AvgIpc) is 2.71. The zero-order chi connectivity index (χ0) is 12.0. The van der Waals surface area contributed by atoms with Crippen LogP contribution < -0.4 is 21.1 Å². The highest BCUT2D eigenvalue weighted by Crippen LogP contribution is 2.28. The third-order valence-electron chi connectivity index (χ3n) is 2.80. The van der Waals surface area contributed by atoms with E-state index in [-0.39, 0.29) is 11.8 Å². The predicted octanol–water partition coefficient (Wildman–Crippen LogP) is 0.839. The highest BCUT2D eigenvalue weighted by Gasteiger charge is 2.20. The largest absolute Gasteiger partial charge is 0.494 e. The van der Waals surface area contributed by atoms with Crippen molar-refractivity contribution < 1.29 is 4.74 Å². The first-order valence-electron chi connectivity index (χ1n) is 5.38. The van der Waals surface area contributed by atoms with Crippen LogP contribution in [0, 0.1) is 5.41 Å². The number of aromatic nitrogens is 2. The van der Waals surface area contributed by atoms with Gasteiger partial charge in [-0.3, -0.25) is 10.8 Å². The first-order chi connectivity index (χ1) is 8.20. The molecule has 0 amide bonds. The van der Waals surface area contributed by atoms with Crippen molar-refractivity contribution >= 4 is 16.7 Å². The second-order valence-electron chi connectivity index (χ2n) is 3.97. The van der Waals surface area contributed by atoms with Crippen molar-refractivity contribution in [1.29, 1.82) is 5.41 Å². The van der Waals surface area contributed by atoms with Crippen molar-refractivity contribution in [2.75, 3.05) is 17.9 Å². The number of fused-ring (bicyclic) bond motifs is 3. The average molecular weight is 231 g/mol. The maximum Gasteiger partial charge on any atom is 0.243 e. The Hall–Kier alpha value is -2.24. The van der Waals surface area contributed by atoms with Gasteiger partial charge in [0.2, 0.25) is 5.62 Å². The van der Waals surface area contributed by atoms with Gasteiger partial charge in [-0.1, -0.05) is 6.07 Å². The number of hydrogen-bond donors (Lipinski definition) is 3. The minimum absolute atomic E-state index is 0.0812. The molecule has 3 rings (SSSR count). The SMILES string of the molecule is COc1cccc2c3n(c(=N)nc12)NC(C)N3. The summed E-state index contributed by atoms with van der Waals surface area (Å²) in [5.74, 6) is 1.53. The van der Waals surface area contributed by atoms with Crippen LogP contribution in [0.15, 0.2) is 18.2 Å². The predicted molar refractivity (Wildman–Crippen MR) is 64.6 cm³/mol. The number of ether oxygens (including phenoxy) is 1. The highest BCUT2D eigenvalue weighted by atomic mass is 16.5. The van der Waals surface area contributed by atoms with E-state index in [9.17, 15) is 0 Å². The van der Waals surface area contributed by atoms with Crippen LogP contribution in [0.2, 0.25) is 0 Å². The molecule has 1 aromatic heterocycles. The molecule has 1 unspecified atom stereocenters. The third kappa shape index (κ3) is 1.33. The van der Waals surface area contributed by atoms with E-state index in [2.05, 4.69) is 15.7 Å². The van der Waals surface area contributed by atoms with E-state index >= 15 is 0 Å². The van der Waals surface area contributed by atoms with Crippen LogP contribution in [0.5, 0.6) is 5.75 Å². The lowest BCUT2D eigenvalue weighted by molar-refractivity contribution is 0.418. The van der Waals surface area contributed by atoms with Crippen LogP contribution in [0.1, 0.15) is 6.92 Å². The fraction of sp³-hybridized carbons (Fsp3) is 0.273. The summed E-state index contributed by atoms with van der Waals surface area (Å²) in [7, 11) is 1.61. The molecule has 1 atom stereocenters. The number of rotatable bonds is 1. The van der Waals surface area contributed by atoms with E-state index < -0.39 is 0 Å². The molecule has 1 aliphatic rings. The first-order valence-corrected chi connectivity index (χ1v) is 5.38. The molecular formula is C11H13N5O. The van der Waals surface area contributed by atoms with E-state index in [0.717, 1.165) is 11.2 Å². The Labute approximate surface area is 97.7 Å². The lowest BCUT2D eigenvalue weighted by atomic mass is 10.2. The Kier molecular flexibility index (Phi) is 1.98. The minimum Gasteiger partial charge on any atom is -0.494 e. The third-order valence-corrected chi connectivity index (χ3v) is 2.80. The molecule has 0 radical (unpaired) electrons. The molecule has 2 heterocycles. The number of nitrogens with one attached hydrogen (secondary N) is 3. The lowest BCUT2D eigenvalue weighted by Crippen LogP contribution is -2.30. The first kappa shape index (κ1) is 9.95. The lowest BCUT2D eigenvalue weighted by Gasteiger charge is -2.09. The number of methoxy groups -OCH3 is 1. The molecule has 88 valence electrons. The highest BCUT2D eigenvalue weighted by molar-refractivity contribution is 5.93. The van der Waals surface area contributed by atoms with Crippen molar-refractivity contribution in [3.63, 3.8) is 0 Å². The van der Waals surface area contributed by atoms with Gasteiger partial charge in [0.15, 0.2) is 0 Å². The summed E-state index contributed by atoms with van der Waals surface area (Å²) in [5, 5.41) is 12.1. The molecule has 6 nitrogen and oxygen atoms in total. The summed E-state index contributed by atoms with van der Waals surface area (Å²) >= 11 is 0. The number of nitrogens with zero attached hydrogens (tertiary/aromatic N) is 2. The minimum atomic E-state index is 0.0812. The Morgan fingerprint density at radius 3 is 3.06 bits per heavy atom. The Morgan fingerprint density at radius 2 is 2.29 bits per heavy atom. The van der Waals surface area contributed by atoms with Gasteiger partial charge in [0.05, 0.1) is 7.11 Å². The smallest absolute Gasteiger partial charge is 0.243 e. The van der Waals surface area contributed by atoms with Gasteiger partial charge in [0.1, 0.15) is 23.2 Å². The van der Waals surface area contributed by atoms with E-state index in [1.165, 1.54) is 0 Å². The maximum absolute atomic E-state index is 7.89. The number of para-hydroxylation sites is 1. The number of benzene rings is 1. The summed E-state index contributed by atoms with van der Waals surface area (Å²) in [6.07, 6.45) is 0.0812. The Morgan fingerprint density at radius 1 is 1.47 bits per heavy atom. The van der Waals surface area contributed by atoms with E-state index in [0.29, 0.717) is 11.3 Å². The van der Waals surface area contributed by atoms with Gasteiger partial charge in [0, 0.05) is 5.39 Å². The molecule has 0 saturated carbocycles. The van der Waals surface area contributed by atoms with Gasteiger partial charge >= 0.3 is 0 Å². The second kappa shape index (κ2) is 3.38. The van der Waals surface area contributed by atoms with E-state index in [4.69, 9.17) is 10.1 Å². The zero-order valence-electron chi connectivity index (χ0n) is 9.61. The molecule has 1 aliphatic heterocycles. The van der Waals surface area contributed by atoms with Crippen LogP contribution in [-0.2, 0) is 0 Å². The van der Waals surface area contributed by atoms with E-state index in [1.807, 2.05) is 25.1 Å². The maximum atomic E-state index is 7.89. The summed E-state index contributed by atoms with van der Waals surface area (Å²) in [6, 6.07) is 5.72. The molecule has 17 heavy (non-hydrogen) atoms. The second-order valence-corrected chi connectivity index (χ2v) is 3.97. The van der Waals surface area contributed by atoms with Gasteiger partial charge < -0.3 is 10.1 Å². The fourth-order valence-corrected chi connectivity index (χ4v) is 2.07. The number of anilines is 1. The van der Waals surface area contributed by atoms with Gasteiger partial charge in [0.25, 0.3) is 0 Å². The van der Waals surface area contributed by atoms with Crippen LogP contribution in [0.3, 0.4) is 0 Å². The molecule has 0 aliphatic carbocycles. The summed E-state index contributed by atoms with van der Waals surface area (Å²) < 4.78 is 6.91. The van der Waals surface area contributed by atoms with E-state index in [1.54, 1.807) is 11.8 Å². The van der Waals surface area contributed by atoms with Gasteiger partial charge in [-0.2, -0.15) is 0 Å². The summed E-state index contributed by atoms with van der Waals surface area (Å²) in [4.78, 5) is 4.25. The van der Waals surface area contributed by atoms with Gasteiger partial charge in [-0.25, -0.2) is 9.66 Å². The topological polar surface area (TPSA) is 75.0 Å². The van der Waals surface area contributed by atoms with Crippen LogP contribution in [0.25, 0.3) is 10.9 Å². The van der Waals surface area contributed by atoms with Crippen LogP contribution in [-0.4, -0.2) is 22.9 Å². The van der Waals surface area contributed by atoms with Gasteiger partial charge in [-0.05, 0) is 19.1 Å². The number of hydrogen-bond acceptors (Lipinski definition) is 5. The van der Waals surface area contributed by atoms with Gasteiger partial charge in [-0.15, -0.1) is 0 Å². The van der Waals surface area contributed by atoms with Crippen LogP contribution >= 0.6 is 0 Å². The molecule has 0 saturated heterocycles. The molecule has 2 aromatic rings. The zero-order valence-corrected chi connectivity index (χ0v) is 9.61. The molecular weight excluding hydrogens is 218 g/mol. The summed E-state index contributed by atoms with van der Waals surface area (Å²) in [6.45, 7) is 1.98. The quantitative estimate of drug-likeness (QED) is 0.680.